The number of hydrogen-bond donors (Lipinski definition) is 3. The van der Waals surface area contributed by atoms with Crippen LogP contribution in [-0.2, 0) is 4.79 Å². The molecule has 0 bridgehead atoms. The molecule has 1 heterocycles. The number of aliphatic imine (C=N–C) groups is 1. The predicted octanol–water partition coefficient (Wildman–Crippen LogP) is 2.13. The molecule has 0 radical (unpaired) electrons. The average Bonchev–Trinajstić information content (AvgIpc) is 3.37. The van der Waals surface area contributed by atoms with Crippen molar-refractivity contribution in [2.45, 2.75) is 44.6 Å². The second-order valence-corrected chi connectivity index (χ2v) is 7.62. The Kier molecular flexibility index (Phi) is 7.36. The highest BCUT2D eigenvalue weighted by atomic mass is 16.1. The third kappa shape index (κ3) is 6.15. The first-order valence-corrected chi connectivity index (χ1v) is 10.3. The number of anilines is 1. The molecule has 2 fully saturated rings. The molecule has 2 aliphatic rings. The van der Waals surface area contributed by atoms with Crippen LogP contribution in [0.1, 0.15) is 38.5 Å². The molecular weight excluding hydrogens is 338 g/mol. The van der Waals surface area contributed by atoms with E-state index in [1.165, 1.54) is 31.4 Å². The molecule has 1 atom stereocenters. The van der Waals surface area contributed by atoms with Gasteiger partial charge in [0, 0.05) is 51.4 Å². The van der Waals surface area contributed by atoms with Crippen molar-refractivity contribution in [1.82, 2.24) is 16.0 Å². The number of para-hydroxylation sites is 1. The van der Waals surface area contributed by atoms with Crippen LogP contribution in [0.25, 0.3) is 0 Å². The van der Waals surface area contributed by atoms with Gasteiger partial charge in [-0.1, -0.05) is 31.0 Å². The first-order chi connectivity index (χ1) is 13.2. The van der Waals surface area contributed by atoms with Crippen molar-refractivity contribution in [2.75, 3.05) is 38.1 Å². The lowest BCUT2D eigenvalue weighted by Gasteiger charge is -2.20. The number of nitrogens with one attached hydrogen (secondary N) is 3. The Morgan fingerprint density at radius 1 is 1.11 bits per heavy atom. The molecule has 6 heteroatoms. The van der Waals surface area contributed by atoms with Crippen LogP contribution in [-0.4, -0.2) is 51.1 Å². The number of carbonyl (C=O) groups is 1. The minimum absolute atomic E-state index is 0.181. The van der Waals surface area contributed by atoms with Crippen molar-refractivity contribution >= 4 is 17.6 Å². The summed E-state index contributed by atoms with van der Waals surface area (Å²) in [6.45, 7) is 3.34. The molecule has 1 amide bonds. The van der Waals surface area contributed by atoms with Gasteiger partial charge in [0.1, 0.15) is 0 Å². The average molecular weight is 372 g/mol. The monoisotopic (exact) mass is 371 g/mol. The summed E-state index contributed by atoms with van der Waals surface area (Å²) in [7, 11) is 1.79. The number of nitrogens with zero attached hydrogens (tertiary/aromatic N) is 2. The summed E-state index contributed by atoms with van der Waals surface area (Å²) in [6, 6.07) is 10.9. The van der Waals surface area contributed by atoms with Crippen LogP contribution in [0.5, 0.6) is 0 Å². The van der Waals surface area contributed by atoms with E-state index in [0.717, 1.165) is 25.5 Å². The highest BCUT2D eigenvalue weighted by Gasteiger charge is 2.23. The van der Waals surface area contributed by atoms with Gasteiger partial charge in [-0.15, -0.1) is 0 Å². The molecule has 27 heavy (non-hydrogen) atoms. The SMILES string of the molecule is CN=C(NCCNC(=O)CC1CCCC1)NC1CCN(c2ccccc2)C1. The fraction of sp³-hybridized carbons (Fsp3) is 0.619. The van der Waals surface area contributed by atoms with E-state index in [4.69, 9.17) is 0 Å². The number of amides is 1. The lowest BCUT2D eigenvalue weighted by molar-refractivity contribution is -0.121. The lowest BCUT2D eigenvalue weighted by atomic mass is 10.0. The van der Waals surface area contributed by atoms with Gasteiger partial charge >= 0.3 is 0 Å². The Labute approximate surface area is 162 Å². The second-order valence-electron chi connectivity index (χ2n) is 7.62. The molecule has 1 aromatic carbocycles. The number of carbonyl (C=O) groups excluding carboxylic acids is 1. The molecule has 1 aliphatic heterocycles. The number of guanidine groups is 1. The maximum Gasteiger partial charge on any atom is 0.220 e. The van der Waals surface area contributed by atoms with Gasteiger partial charge in [0.15, 0.2) is 5.96 Å². The Hall–Kier alpha value is -2.24. The maximum absolute atomic E-state index is 12.0. The van der Waals surface area contributed by atoms with Crippen LogP contribution >= 0.6 is 0 Å². The van der Waals surface area contributed by atoms with Gasteiger partial charge in [-0.3, -0.25) is 9.79 Å². The summed E-state index contributed by atoms with van der Waals surface area (Å²) in [4.78, 5) is 18.7. The molecular formula is C21H33N5O. The minimum atomic E-state index is 0.181. The molecule has 0 aromatic heterocycles. The molecule has 1 aromatic rings. The van der Waals surface area contributed by atoms with Crippen molar-refractivity contribution in [3.63, 3.8) is 0 Å². The first-order valence-electron chi connectivity index (χ1n) is 10.3. The minimum Gasteiger partial charge on any atom is -0.369 e. The Balaban J connectivity index is 1.32. The fourth-order valence-corrected chi connectivity index (χ4v) is 4.07. The van der Waals surface area contributed by atoms with E-state index < -0.39 is 0 Å². The van der Waals surface area contributed by atoms with E-state index in [-0.39, 0.29) is 5.91 Å². The summed E-state index contributed by atoms with van der Waals surface area (Å²) in [5, 5.41) is 9.82. The Bertz CT molecular complexity index is 612. The second kappa shape index (κ2) is 10.2. The highest BCUT2D eigenvalue weighted by molar-refractivity contribution is 5.80. The number of rotatable bonds is 7. The van der Waals surface area contributed by atoms with Crippen LogP contribution < -0.4 is 20.9 Å². The topological polar surface area (TPSA) is 68.8 Å². The van der Waals surface area contributed by atoms with E-state index in [1.807, 2.05) is 6.07 Å². The van der Waals surface area contributed by atoms with Gasteiger partial charge in [0.2, 0.25) is 5.91 Å². The molecule has 1 saturated carbocycles. The number of hydrogen-bond acceptors (Lipinski definition) is 3. The summed E-state index contributed by atoms with van der Waals surface area (Å²) in [6.07, 6.45) is 6.76. The molecule has 3 rings (SSSR count). The van der Waals surface area contributed by atoms with E-state index in [2.05, 4.69) is 50.1 Å². The maximum atomic E-state index is 12.0. The van der Waals surface area contributed by atoms with Crippen molar-refractivity contribution in [2.24, 2.45) is 10.9 Å². The van der Waals surface area contributed by atoms with Crippen LogP contribution in [0.3, 0.4) is 0 Å². The van der Waals surface area contributed by atoms with Crippen molar-refractivity contribution in [1.29, 1.82) is 0 Å². The molecule has 148 valence electrons. The zero-order valence-corrected chi connectivity index (χ0v) is 16.4. The van der Waals surface area contributed by atoms with Gasteiger partial charge < -0.3 is 20.9 Å². The third-order valence-corrected chi connectivity index (χ3v) is 5.56. The Morgan fingerprint density at radius 2 is 1.85 bits per heavy atom. The van der Waals surface area contributed by atoms with Gasteiger partial charge in [-0.2, -0.15) is 0 Å². The molecule has 1 unspecified atom stereocenters. The zero-order valence-electron chi connectivity index (χ0n) is 16.4. The smallest absolute Gasteiger partial charge is 0.220 e. The van der Waals surface area contributed by atoms with Gasteiger partial charge in [-0.25, -0.2) is 0 Å². The van der Waals surface area contributed by atoms with Crippen LogP contribution in [0.4, 0.5) is 5.69 Å². The molecule has 6 nitrogen and oxygen atoms in total. The normalized spacial score (nSPS) is 20.7. The molecule has 0 spiro atoms. The third-order valence-electron chi connectivity index (χ3n) is 5.56. The van der Waals surface area contributed by atoms with E-state index in [9.17, 15) is 4.79 Å². The molecule has 1 saturated heterocycles. The largest absolute Gasteiger partial charge is 0.369 e. The van der Waals surface area contributed by atoms with Crippen molar-refractivity contribution in [3.05, 3.63) is 30.3 Å². The van der Waals surface area contributed by atoms with E-state index in [1.54, 1.807) is 7.05 Å². The van der Waals surface area contributed by atoms with Crippen molar-refractivity contribution in [3.8, 4) is 0 Å². The first kappa shape index (κ1) is 19.5. The quantitative estimate of drug-likeness (QED) is 0.390. The van der Waals surface area contributed by atoms with E-state index >= 15 is 0 Å². The van der Waals surface area contributed by atoms with Gasteiger partial charge in [0.25, 0.3) is 0 Å². The van der Waals surface area contributed by atoms with Gasteiger partial charge in [0.05, 0.1) is 0 Å². The van der Waals surface area contributed by atoms with Crippen molar-refractivity contribution < 1.29 is 4.79 Å². The highest BCUT2D eigenvalue weighted by Crippen LogP contribution is 2.27. The Morgan fingerprint density at radius 3 is 2.59 bits per heavy atom. The van der Waals surface area contributed by atoms with Crippen LogP contribution in [0, 0.1) is 5.92 Å². The summed E-state index contributed by atoms with van der Waals surface area (Å²) in [5.74, 6) is 1.59. The zero-order chi connectivity index (χ0) is 18.9. The molecule has 1 aliphatic carbocycles. The summed E-state index contributed by atoms with van der Waals surface area (Å²) < 4.78 is 0. The van der Waals surface area contributed by atoms with Gasteiger partial charge in [-0.05, 0) is 37.3 Å². The fourth-order valence-electron chi connectivity index (χ4n) is 4.07. The predicted molar refractivity (Wildman–Crippen MR) is 111 cm³/mol. The summed E-state index contributed by atoms with van der Waals surface area (Å²) in [5.41, 5.74) is 1.27. The lowest BCUT2D eigenvalue weighted by Crippen LogP contribution is -2.46. The molecule has 3 N–H and O–H groups in total. The number of benzene rings is 1. The van der Waals surface area contributed by atoms with Crippen LogP contribution in [0.15, 0.2) is 35.3 Å². The van der Waals surface area contributed by atoms with E-state index in [0.29, 0.717) is 31.5 Å². The van der Waals surface area contributed by atoms with Crippen LogP contribution in [0.2, 0.25) is 0 Å². The summed E-state index contributed by atoms with van der Waals surface area (Å²) >= 11 is 0. The standard InChI is InChI=1S/C21H33N5O/c1-22-21(24-13-12-23-20(27)15-17-7-5-6-8-17)25-18-11-14-26(16-18)19-9-3-2-4-10-19/h2-4,9-10,17-18H,5-8,11-16H2,1H3,(H,23,27)(H2,22,24,25).